The van der Waals surface area contributed by atoms with Crippen molar-refractivity contribution < 1.29 is 4.79 Å². The highest BCUT2D eigenvalue weighted by molar-refractivity contribution is 7.20. The van der Waals surface area contributed by atoms with E-state index < -0.39 is 0 Å². The molecule has 0 unspecified atom stereocenters. The van der Waals surface area contributed by atoms with E-state index in [0.29, 0.717) is 27.9 Å². The van der Waals surface area contributed by atoms with Crippen molar-refractivity contribution in [2.24, 2.45) is 7.05 Å². The van der Waals surface area contributed by atoms with Crippen LogP contribution in [0.1, 0.15) is 20.9 Å². The van der Waals surface area contributed by atoms with Crippen molar-refractivity contribution >= 4 is 50.7 Å². The number of carbonyl (C=O) groups excluding carboxylic acids is 1. The molecule has 0 radical (unpaired) electrons. The van der Waals surface area contributed by atoms with Gasteiger partial charge in [0.15, 0.2) is 0 Å². The summed E-state index contributed by atoms with van der Waals surface area (Å²) >= 11 is 13.7. The maximum atomic E-state index is 12.3. The van der Waals surface area contributed by atoms with Crippen molar-refractivity contribution in [3.63, 3.8) is 0 Å². The van der Waals surface area contributed by atoms with Crippen LogP contribution in [0.4, 0.5) is 0 Å². The Morgan fingerprint density at radius 3 is 2.70 bits per heavy atom. The number of aryl methyl sites for hydroxylation is 2. The van der Waals surface area contributed by atoms with E-state index in [1.165, 1.54) is 11.3 Å². The zero-order valence-electron chi connectivity index (χ0n) is 12.7. The molecule has 0 spiro atoms. The number of amides is 1. The fraction of sp³-hybridized carbons (Fsp3) is 0.250. The average molecular weight is 368 g/mol. The molecule has 0 bridgehead atoms. The van der Waals surface area contributed by atoms with Gasteiger partial charge in [-0.2, -0.15) is 5.10 Å². The quantitative estimate of drug-likeness (QED) is 0.750. The minimum atomic E-state index is -0.0891. The molecule has 0 aliphatic heterocycles. The zero-order valence-corrected chi connectivity index (χ0v) is 15.0. The molecule has 120 valence electrons. The number of aromatic nitrogens is 2. The number of rotatable bonds is 4. The summed E-state index contributed by atoms with van der Waals surface area (Å²) in [6.07, 6.45) is 0.593. The first-order chi connectivity index (χ1) is 11.0. The van der Waals surface area contributed by atoms with Gasteiger partial charge in [0.25, 0.3) is 5.91 Å². The van der Waals surface area contributed by atoms with Gasteiger partial charge in [-0.25, -0.2) is 0 Å². The van der Waals surface area contributed by atoms with Crippen molar-refractivity contribution in [1.29, 1.82) is 0 Å². The highest BCUT2D eigenvalue weighted by Gasteiger charge is 2.15. The Morgan fingerprint density at radius 1 is 1.35 bits per heavy atom. The number of fused-ring (bicyclic) bond motifs is 1. The molecule has 0 saturated heterocycles. The normalized spacial score (nSPS) is 11.1. The van der Waals surface area contributed by atoms with Crippen LogP contribution >= 0.6 is 34.5 Å². The van der Waals surface area contributed by atoms with Crippen LogP contribution in [-0.2, 0) is 13.5 Å². The molecule has 2 aromatic heterocycles. The van der Waals surface area contributed by atoms with E-state index in [1.807, 2.05) is 20.0 Å². The van der Waals surface area contributed by atoms with E-state index in [-0.39, 0.29) is 5.91 Å². The van der Waals surface area contributed by atoms with Gasteiger partial charge in [-0.1, -0.05) is 29.3 Å². The molecular formula is C16H15Cl2N3OS. The Hall–Kier alpha value is -1.56. The van der Waals surface area contributed by atoms with E-state index >= 15 is 0 Å². The molecule has 1 N–H and O–H groups in total. The van der Waals surface area contributed by atoms with Gasteiger partial charge >= 0.3 is 0 Å². The molecule has 3 aromatic rings. The van der Waals surface area contributed by atoms with Crippen molar-refractivity contribution in [1.82, 2.24) is 15.1 Å². The topological polar surface area (TPSA) is 46.9 Å². The molecule has 0 aliphatic rings. The van der Waals surface area contributed by atoms with E-state index in [1.54, 1.807) is 22.9 Å². The lowest BCUT2D eigenvalue weighted by atomic mass is 10.1. The molecule has 0 atom stereocenters. The number of thiophene rings is 1. The average Bonchev–Trinajstić information content (AvgIpc) is 3.04. The first kappa shape index (κ1) is 16.3. The van der Waals surface area contributed by atoms with Crippen LogP contribution in [0.25, 0.3) is 10.2 Å². The number of nitrogens with zero attached hydrogens (tertiary/aromatic N) is 2. The van der Waals surface area contributed by atoms with E-state index in [2.05, 4.69) is 10.4 Å². The second-order valence-electron chi connectivity index (χ2n) is 5.24. The van der Waals surface area contributed by atoms with Crippen LogP contribution in [0.2, 0.25) is 10.0 Å². The van der Waals surface area contributed by atoms with Crippen LogP contribution in [0, 0.1) is 6.92 Å². The fourth-order valence-electron chi connectivity index (χ4n) is 2.48. The lowest BCUT2D eigenvalue weighted by molar-refractivity contribution is 0.0958. The first-order valence-corrected chi connectivity index (χ1v) is 8.69. The molecule has 23 heavy (non-hydrogen) atoms. The third kappa shape index (κ3) is 3.22. The summed E-state index contributed by atoms with van der Waals surface area (Å²) in [5.74, 6) is -0.0891. The van der Waals surface area contributed by atoms with Gasteiger partial charge in [-0.15, -0.1) is 11.3 Å². The van der Waals surface area contributed by atoms with Crippen LogP contribution in [0.15, 0.2) is 24.3 Å². The molecule has 2 heterocycles. The molecule has 1 aromatic carbocycles. The summed E-state index contributed by atoms with van der Waals surface area (Å²) in [6.45, 7) is 2.42. The first-order valence-electron chi connectivity index (χ1n) is 7.11. The number of hydrogen-bond acceptors (Lipinski definition) is 3. The summed E-state index contributed by atoms with van der Waals surface area (Å²) < 4.78 is 1.80. The Morgan fingerprint density at radius 2 is 2.04 bits per heavy atom. The lowest BCUT2D eigenvalue weighted by Crippen LogP contribution is -2.25. The summed E-state index contributed by atoms with van der Waals surface area (Å²) in [4.78, 5) is 14.0. The number of carbonyl (C=O) groups is 1. The number of halogens is 2. The van der Waals surface area contributed by atoms with Gasteiger partial charge in [0.1, 0.15) is 4.83 Å². The van der Waals surface area contributed by atoms with Crippen LogP contribution in [0.5, 0.6) is 0 Å². The smallest absolute Gasteiger partial charge is 0.261 e. The molecule has 1 amide bonds. The Bertz CT molecular complexity index is 830. The number of nitrogens with one attached hydrogen (secondary N) is 1. The Labute approximate surface area is 148 Å². The predicted molar refractivity (Wildman–Crippen MR) is 95.8 cm³/mol. The van der Waals surface area contributed by atoms with Crippen LogP contribution in [0.3, 0.4) is 0 Å². The highest BCUT2D eigenvalue weighted by atomic mass is 35.5. The molecule has 0 fully saturated rings. The molecule has 0 aliphatic carbocycles. The maximum Gasteiger partial charge on any atom is 0.261 e. The third-order valence-electron chi connectivity index (χ3n) is 3.64. The minimum absolute atomic E-state index is 0.0891. The minimum Gasteiger partial charge on any atom is -0.351 e. The van der Waals surface area contributed by atoms with Crippen molar-refractivity contribution in [3.05, 3.63) is 50.4 Å². The highest BCUT2D eigenvalue weighted by Crippen LogP contribution is 2.28. The van der Waals surface area contributed by atoms with Crippen molar-refractivity contribution in [2.75, 3.05) is 6.54 Å². The molecule has 4 nitrogen and oxygen atoms in total. The standard InChI is InChI=1S/C16H15Cl2N3OS/c1-9-11-8-14(23-16(11)21(2)20-9)15(22)19-7-6-10-12(17)4-3-5-13(10)18/h3-5,8H,6-7H2,1-2H3,(H,19,22). The Balaban J connectivity index is 1.68. The van der Waals surface area contributed by atoms with Gasteiger partial charge in [0, 0.05) is 29.0 Å². The monoisotopic (exact) mass is 367 g/mol. The van der Waals surface area contributed by atoms with Crippen molar-refractivity contribution in [2.45, 2.75) is 13.3 Å². The largest absolute Gasteiger partial charge is 0.351 e. The SMILES string of the molecule is Cc1nn(C)c2sc(C(=O)NCCc3c(Cl)cccc3Cl)cc12. The second kappa shape index (κ2) is 6.51. The van der Waals surface area contributed by atoms with Gasteiger partial charge in [0.05, 0.1) is 10.6 Å². The van der Waals surface area contributed by atoms with E-state index in [9.17, 15) is 4.79 Å². The maximum absolute atomic E-state index is 12.3. The second-order valence-corrected chi connectivity index (χ2v) is 7.09. The summed E-state index contributed by atoms with van der Waals surface area (Å²) in [6, 6.07) is 7.29. The van der Waals surface area contributed by atoms with Gasteiger partial charge in [-0.05, 0) is 37.1 Å². The number of benzene rings is 1. The lowest BCUT2D eigenvalue weighted by Gasteiger charge is -2.07. The molecule has 0 saturated carbocycles. The number of hydrogen-bond donors (Lipinski definition) is 1. The zero-order chi connectivity index (χ0) is 16.6. The van der Waals surface area contributed by atoms with Crippen LogP contribution in [-0.4, -0.2) is 22.2 Å². The summed E-state index contributed by atoms with van der Waals surface area (Å²) in [5.41, 5.74) is 1.79. The predicted octanol–water partition coefficient (Wildman–Crippen LogP) is 4.22. The fourth-order valence-corrected chi connectivity index (χ4v) is 4.10. The summed E-state index contributed by atoms with van der Waals surface area (Å²) in [7, 11) is 1.88. The summed E-state index contributed by atoms with van der Waals surface area (Å²) in [5, 5.41) is 9.52. The van der Waals surface area contributed by atoms with Gasteiger partial charge in [-0.3, -0.25) is 9.48 Å². The van der Waals surface area contributed by atoms with Gasteiger partial charge < -0.3 is 5.32 Å². The van der Waals surface area contributed by atoms with Crippen LogP contribution < -0.4 is 5.32 Å². The third-order valence-corrected chi connectivity index (χ3v) is 5.55. The molecule has 3 rings (SSSR count). The van der Waals surface area contributed by atoms with E-state index in [4.69, 9.17) is 23.2 Å². The Kier molecular flexibility index (Phi) is 4.62. The van der Waals surface area contributed by atoms with E-state index in [0.717, 1.165) is 21.5 Å². The molecule has 7 heteroatoms. The van der Waals surface area contributed by atoms with Crippen molar-refractivity contribution in [3.8, 4) is 0 Å². The molecular weight excluding hydrogens is 353 g/mol. The van der Waals surface area contributed by atoms with Gasteiger partial charge in [0.2, 0.25) is 0 Å².